The zero-order valence-electron chi connectivity index (χ0n) is 16.5. The first kappa shape index (κ1) is 19.9. The lowest BCUT2D eigenvalue weighted by Crippen LogP contribution is -2.54. The summed E-state index contributed by atoms with van der Waals surface area (Å²) in [6.07, 6.45) is 6.15. The molecule has 2 amide bonds. The summed E-state index contributed by atoms with van der Waals surface area (Å²) in [5, 5.41) is 0. The molecular weight excluding hydrogens is 338 g/mol. The van der Waals surface area contributed by atoms with Crippen molar-refractivity contribution in [2.24, 2.45) is 11.7 Å². The molecule has 27 heavy (non-hydrogen) atoms. The molecule has 148 valence electrons. The van der Waals surface area contributed by atoms with Gasteiger partial charge in [-0.1, -0.05) is 43.2 Å². The normalized spacial score (nSPS) is 26.5. The van der Waals surface area contributed by atoms with E-state index in [0.717, 1.165) is 51.6 Å². The number of amides is 2. The van der Waals surface area contributed by atoms with Crippen LogP contribution in [-0.4, -0.2) is 53.3 Å². The van der Waals surface area contributed by atoms with Gasteiger partial charge in [-0.3, -0.25) is 9.59 Å². The second-order valence-electron chi connectivity index (χ2n) is 8.35. The molecule has 0 radical (unpaired) electrons. The van der Waals surface area contributed by atoms with Crippen LogP contribution in [0.4, 0.5) is 0 Å². The van der Waals surface area contributed by atoms with Gasteiger partial charge in [0.2, 0.25) is 11.8 Å². The monoisotopic (exact) mass is 371 g/mol. The molecule has 1 aliphatic carbocycles. The minimum atomic E-state index is -0.396. The SMILES string of the molecule is CC1(N)CCCCC1C(=O)N1CCCN(C(=O)CCc2ccccc2)CC1. The predicted octanol–water partition coefficient (Wildman–Crippen LogP) is 2.59. The summed E-state index contributed by atoms with van der Waals surface area (Å²) < 4.78 is 0. The number of benzene rings is 1. The van der Waals surface area contributed by atoms with Crippen LogP contribution in [0.2, 0.25) is 0 Å². The fraction of sp³-hybridized carbons (Fsp3) is 0.636. The molecule has 3 rings (SSSR count). The van der Waals surface area contributed by atoms with Crippen molar-refractivity contribution >= 4 is 11.8 Å². The van der Waals surface area contributed by atoms with E-state index in [0.29, 0.717) is 19.5 Å². The Morgan fingerprint density at radius 2 is 1.74 bits per heavy atom. The predicted molar refractivity (Wildman–Crippen MR) is 107 cm³/mol. The van der Waals surface area contributed by atoms with E-state index in [4.69, 9.17) is 5.73 Å². The van der Waals surface area contributed by atoms with Gasteiger partial charge in [0, 0.05) is 38.1 Å². The summed E-state index contributed by atoms with van der Waals surface area (Å²) in [7, 11) is 0. The summed E-state index contributed by atoms with van der Waals surface area (Å²) in [5.74, 6) is 0.305. The van der Waals surface area contributed by atoms with Crippen molar-refractivity contribution in [3.63, 3.8) is 0 Å². The quantitative estimate of drug-likeness (QED) is 0.885. The first-order chi connectivity index (χ1) is 13.0. The van der Waals surface area contributed by atoms with Crippen LogP contribution in [-0.2, 0) is 16.0 Å². The van der Waals surface area contributed by atoms with Crippen molar-refractivity contribution in [3.05, 3.63) is 35.9 Å². The average Bonchev–Trinajstić information content (AvgIpc) is 2.92. The Bertz CT molecular complexity index is 644. The van der Waals surface area contributed by atoms with Crippen LogP contribution in [0, 0.1) is 5.92 Å². The molecule has 2 atom stereocenters. The summed E-state index contributed by atoms with van der Waals surface area (Å²) in [4.78, 5) is 29.5. The summed E-state index contributed by atoms with van der Waals surface area (Å²) in [6, 6.07) is 10.1. The average molecular weight is 372 g/mol. The number of aryl methyl sites for hydroxylation is 1. The summed E-state index contributed by atoms with van der Waals surface area (Å²) in [5.41, 5.74) is 7.22. The first-order valence-corrected chi connectivity index (χ1v) is 10.4. The number of hydrogen-bond acceptors (Lipinski definition) is 3. The topological polar surface area (TPSA) is 66.6 Å². The van der Waals surface area contributed by atoms with Crippen molar-refractivity contribution in [1.29, 1.82) is 0 Å². The Balaban J connectivity index is 1.52. The molecule has 1 saturated heterocycles. The zero-order valence-corrected chi connectivity index (χ0v) is 16.5. The van der Waals surface area contributed by atoms with E-state index in [2.05, 4.69) is 12.1 Å². The molecule has 2 fully saturated rings. The van der Waals surface area contributed by atoms with E-state index in [-0.39, 0.29) is 17.7 Å². The maximum absolute atomic E-state index is 13.1. The van der Waals surface area contributed by atoms with Crippen molar-refractivity contribution in [2.45, 2.75) is 57.4 Å². The zero-order chi connectivity index (χ0) is 19.3. The number of nitrogens with zero attached hydrogens (tertiary/aromatic N) is 2. The van der Waals surface area contributed by atoms with Crippen molar-refractivity contribution in [1.82, 2.24) is 9.80 Å². The smallest absolute Gasteiger partial charge is 0.227 e. The van der Waals surface area contributed by atoms with E-state index < -0.39 is 5.54 Å². The van der Waals surface area contributed by atoms with Gasteiger partial charge in [-0.25, -0.2) is 0 Å². The van der Waals surface area contributed by atoms with Gasteiger partial charge in [-0.05, 0) is 38.2 Å². The largest absolute Gasteiger partial charge is 0.341 e. The molecule has 5 nitrogen and oxygen atoms in total. The van der Waals surface area contributed by atoms with Gasteiger partial charge >= 0.3 is 0 Å². The van der Waals surface area contributed by atoms with E-state index in [9.17, 15) is 9.59 Å². The van der Waals surface area contributed by atoms with Gasteiger partial charge in [0.1, 0.15) is 0 Å². The van der Waals surface area contributed by atoms with Gasteiger partial charge in [0.15, 0.2) is 0 Å². The van der Waals surface area contributed by atoms with Crippen LogP contribution in [0.3, 0.4) is 0 Å². The van der Waals surface area contributed by atoms with Crippen LogP contribution in [0.15, 0.2) is 30.3 Å². The summed E-state index contributed by atoms with van der Waals surface area (Å²) in [6.45, 7) is 4.75. The Hall–Kier alpha value is -1.88. The number of nitrogens with two attached hydrogens (primary N) is 1. The molecule has 1 aliphatic heterocycles. The fourth-order valence-electron chi connectivity index (χ4n) is 4.43. The van der Waals surface area contributed by atoms with E-state index >= 15 is 0 Å². The lowest BCUT2D eigenvalue weighted by molar-refractivity contribution is -0.139. The fourth-order valence-corrected chi connectivity index (χ4v) is 4.43. The lowest BCUT2D eigenvalue weighted by Gasteiger charge is -2.39. The van der Waals surface area contributed by atoms with Crippen molar-refractivity contribution in [3.8, 4) is 0 Å². The summed E-state index contributed by atoms with van der Waals surface area (Å²) >= 11 is 0. The maximum atomic E-state index is 13.1. The molecule has 1 heterocycles. The van der Waals surface area contributed by atoms with E-state index in [1.165, 1.54) is 5.56 Å². The third-order valence-electron chi connectivity index (χ3n) is 6.18. The van der Waals surface area contributed by atoms with Crippen molar-refractivity contribution in [2.75, 3.05) is 26.2 Å². The van der Waals surface area contributed by atoms with E-state index in [1.54, 1.807) is 0 Å². The second kappa shape index (κ2) is 8.87. The molecule has 5 heteroatoms. The van der Waals surface area contributed by atoms with Crippen LogP contribution in [0.25, 0.3) is 0 Å². The molecule has 0 spiro atoms. The number of rotatable bonds is 4. The van der Waals surface area contributed by atoms with Gasteiger partial charge < -0.3 is 15.5 Å². The molecule has 1 aromatic carbocycles. The van der Waals surface area contributed by atoms with Crippen LogP contribution < -0.4 is 5.73 Å². The van der Waals surface area contributed by atoms with Crippen LogP contribution in [0.5, 0.6) is 0 Å². The lowest BCUT2D eigenvalue weighted by atomic mass is 9.74. The molecule has 0 aromatic heterocycles. The maximum Gasteiger partial charge on any atom is 0.227 e. The highest BCUT2D eigenvalue weighted by molar-refractivity contribution is 5.81. The molecule has 2 aliphatic rings. The Labute approximate surface area is 162 Å². The number of carbonyl (C=O) groups is 2. The van der Waals surface area contributed by atoms with Crippen molar-refractivity contribution < 1.29 is 9.59 Å². The molecule has 1 saturated carbocycles. The molecule has 2 N–H and O–H groups in total. The molecule has 2 unspecified atom stereocenters. The Kier molecular flexibility index (Phi) is 6.53. The van der Waals surface area contributed by atoms with Gasteiger partial charge in [0.25, 0.3) is 0 Å². The molecule has 0 bridgehead atoms. The van der Waals surface area contributed by atoms with Crippen LogP contribution >= 0.6 is 0 Å². The minimum Gasteiger partial charge on any atom is -0.341 e. The highest BCUT2D eigenvalue weighted by atomic mass is 16.2. The molecule has 1 aromatic rings. The second-order valence-corrected chi connectivity index (χ2v) is 8.35. The highest BCUT2D eigenvalue weighted by Crippen LogP contribution is 2.33. The Morgan fingerprint density at radius 1 is 1.04 bits per heavy atom. The van der Waals surface area contributed by atoms with Crippen LogP contribution in [0.1, 0.15) is 51.0 Å². The Morgan fingerprint density at radius 3 is 2.48 bits per heavy atom. The third-order valence-corrected chi connectivity index (χ3v) is 6.18. The van der Waals surface area contributed by atoms with Gasteiger partial charge in [-0.2, -0.15) is 0 Å². The minimum absolute atomic E-state index is 0.0772. The molecular formula is C22H33N3O2. The third kappa shape index (κ3) is 5.10. The number of hydrogen-bond donors (Lipinski definition) is 1. The van der Waals surface area contributed by atoms with E-state index in [1.807, 2.05) is 34.9 Å². The standard InChI is InChI=1S/C22H33N3O2/c1-22(23)13-6-5-10-19(22)21(27)25-15-7-14-24(16-17-25)20(26)12-11-18-8-3-2-4-9-18/h2-4,8-9,19H,5-7,10-17,23H2,1H3. The van der Waals surface area contributed by atoms with Gasteiger partial charge in [0.05, 0.1) is 5.92 Å². The highest BCUT2D eigenvalue weighted by Gasteiger charge is 2.40. The number of carbonyl (C=O) groups excluding carboxylic acids is 2. The van der Waals surface area contributed by atoms with Gasteiger partial charge in [-0.15, -0.1) is 0 Å². The first-order valence-electron chi connectivity index (χ1n) is 10.4.